The number of hydroxylamine groups is 1. The van der Waals surface area contributed by atoms with E-state index >= 15 is 0 Å². The Morgan fingerprint density at radius 1 is 1.14 bits per heavy atom. The molecule has 4 N–H and O–H groups in total. The second-order valence-electron chi connectivity index (χ2n) is 9.43. The fraction of sp³-hybridized carbons (Fsp3) is 0.952. The van der Waals surface area contributed by atoms with Crippen LogP contribution in [0, 0.1) is 29.6 Å². The highest BCUT2D eigenvalue weighted by Crippen LogP contribution is 2.45. The number of aliphatic hydroxyl groups is 1. The number of carbonyl (C=O) groups excluding carboxylic acids is 1. The average molecular weight is 396 g/mol. The van der Waals surface area contributed by atoms with Crippen LogP contribution in [-0.4, -0.2) is 49.8 Å². The normalized spacial score (nSPS) is 43.6. The van der Waals surface area contributed by atoms with Gasteiger partial charge in [0.25, 0.3) is 0 Å². The molecule has 1 saturated heterocycles. The Labute approximate surface area is 168 Å². The monoisotopic (exact) mass is 395 g/mol. The number of aliphatic hydroxyl groups excluding tert-OH is 1. The van der Waals surface area contributed by atoms with Gasteiger partial charge in [0.15, 0.2) is 6.23 Å². The minimum Gasteiger partial charge on any atom is -0.396 e. The summed E-state index contributed by atoms with van der Waals surface area (Å²) >= 11 is 0. The zero-order valence-electron chi connectivity index (χ0n) is 17.1. The maximum Gasteiger partial charge on any atom is 0.223 e. The fourth-order valence-electron chi connectivity index (χ4n) is 6.16. The molecule has 0 aromatic carbocycles. The maximum atomic E-state index is 12.8. The fourth-order valence-corrected chi connectivity index (χ4v) is 6.16. The first-order chi connectivity index (χ1) is 13.7. The summed E-state index contributed by atoms with van der Waals surface area (Å²) < 4.78 is 5.16. The van der Waals surface area contributed by atoms with Crippen LogP contribution in [0.1, 0.15) is 57.8 Å². The van der Waals surface area contributed by atoms with Crippen molar-refractivity contribution in [2.75, 3.05) is 20.3 Å². The van der Waals surface area contributed by atoms with Crippen molar-refractivity contribution in [1.82, 2.24) is 16.1 Å². The second-order valence-corrected chi connectivity index (χ2v) is 9.43. The van der Waals surface area contributed by atoms with Gasteiger partial charge in [0, 0.05) is 25.7 Å². The molecule has 3 aliphatic carbocycles. The third-order valence-electron chi connectivity index (χ3n) is 7.68. The first-order valence-electron chi connectivity index (χ1n) is 11.2. The molecule has 28 heavy (non-hydrogen) atoms. The molecule has 0 spiro atoms. The van der Waals surface area contributed by atoms with Crippen LogP contribution in [-0.2, 0) is 14.4 Å². The maximum absolute atomic E-state index is 12.8. The highest BCUT2D eigenvalue weighted by molar-refractivity contribution is 5.79. The third-order valence-corrected chi connectivity index (χ3v) is 7.68. The standard InChI is InChI=1S/C21H37N3O4/c1-27-12-19-23-20(24-28-19)15-5-7-17-14(10-15)6-8-18(17)22-21(26)16-4-2-3-13(9-16)11-25/h13-20,23-25H,2-12H2,1H3,(H,22,26)/t13?,14?,15?,16?,17?,18-,19?,20?/m1/s1. The minimum atomic E-state index is -0.0680. The molecule has 7 unspecified atom stereocenters. The van der Waals surface area contributed by atoms with Gasteiger partial charge >= 0.3 is 0 Å². The van der Waals surface area contributed by atoms with Gasteiger partial charge in [-0.15, -0.1) is 0 Å². The Balaban J connectivity index is 1.26. The summed E-state index contributed by atoms with van der Waals surface area (Å²) in [5.74, 6) is 2.54. The summed E-state index contributed by atoms with van der Waals surface area (Å²) in [6.07, 6.45) is 9.96. The highest BCUT2D eigenvalue weighted by atomic mass is 16.7. The topological polar surface area (TPSA) is 91.9 Å². The summed E-state index contributed by atoms with van der Waals surface area (Å²) in [6.45, 7) is 0.770. The van der Waals surface area contributed by atoms with E-state index in [9.17, 15) is 9.90 Å². The predicted octanol–water partition coefficient (Wildman–Crippen LogP) is 1.52. The van der Waals surface area contributed by atoms with Crippen LogP contribution in [0.3, 0.4) is 0 Å². The first kappa shape index (κ1) is 20.5. The van der Waals surface area contributed by atoms with Crippen LogP contribution in [0.25, 0.3) is 0 Å². The molecule has 4 rings (SSSR count). The van der Waals surface area contributed by atoms with E-state index in [0.717, 1.165) is 38.5 Å². The van der Waals surface area contributed by atoms with E-state index in [1.165, 1.54) is 19.3 Å². The van der Waals surface area contributed by atoms with Crippen LogP contribution < -0.4 is 16.1 Å². The van der Waals surface area contributed by atoms with Gasteiger partial charge in [0.1, 0.15) is 0 Å². The lowest BCUT2D eigenvalue weighted by Crippen LogP contribution is -2.47. The number of rotatable bonds is 6. The molecule has 0 aromatic rings. The molecule has 1 amide bonds. The number of fused-ring (bicyclic) bond motifs is 1. The molecular weight excluding hydrogens is 358 g/mol. The van der Waals surface area contributed by atoms with Crippen LogP contribution in [0.5, 0.6) is 0 Å². The molecule has 4 aliphatic rings. The van der Waals surface area contributed by atoms with Crippen molar-refractivity contribution in [3.63, 3.8) is 0 Å². The van der Waals surface area contributed by atoms with Gasteiger partial charge in [-0.05, 0) is 75.0 Å². The number of methoxy groups -OCH3 is 1. The summed E-state index contributed by atoms with van der Waals surface area (Å²) in [4.78, 5) is 18.4. The molecular formula is C21H37N3O4. The van der Waals surface area contributed by atoms with Crippen LogP contribution in [0.4, 0.5) is 0 Å². The molecule has 0 bridgehead atoms. The van der Waals surface area contributed by atoms with Gasteiger partial charge < -0.3 is 15.2 Å². The first-order valence-corrected chi connectivity index (χ1v) is 11.2. The van der Waals surface area contributed by atoms with Gasteiger partial charge in [-0.2, -0.15) is 5.48 Å². The molecule has 3 saturated carbocycles. The Bertz CT molecular complexity index is 534. The molecule has 0 radical (unpaired) electrons. The average Bonchev–Trinajstić information content (AvgIpc) is 3.35. The summed E-state index contributed by atoms with van der Waals surface area (Å²) in [7, 11) is 1.69. The number of nitrogens with one attached hydrogen (secondary N) is 3. The minimum absolute atomic E-state index is 0.0680. The largest absolute Gasteiger partial charge is 0.396 e. The lowest BCUT2D eigenvalue weighted by Gasteiger charge is -2.37. The molecule has 0 aromatic heterocycles. The predicted molar refractivity (Wildman–Crippen MR) is 105 cm³/mol. The SMILES string of the molecule is COCC1NC(C2CCC3C(CC[C@H]3NC(=O)C3CCCC(CO)C3)C2)NO1. The van der Waals surface area contributed by atoms with Gasteiger partial charge in [-0.1, -0.05) is 6.42 Å². The summed E-state index contributed by atoms with van der Waals surface area (Å²) in [5.41, 5.74) is 3.16. The van der Waals surface area contributed by atoms with Crippen molar-refractivity contribution in [2.24, 2.45) is 29.6 Å². The van der Waals surface area contributed by atoms with Crippen molar-refractivity contribution < 1.29 is 19.5 Å². The number of hydrogen-bond acceptors (Lipinski definition) is 6. The number of hydrogen-bond donors (Lipinski definition) is 4. The molecule has 1 aliphatic heterocycles. The molecule has 4 fully saturated rings. The van der Waals surface area contributed by atoms with Crippen molar-refractivity contribution in [1.29, 1.82) is 0 Å². The Hall–Kier alpha value is -0.730. The molecule has 7 nitrogen and oxygen atoms in total. The zero-order valence-corrected chi connectivity index (χ0v) is 17.1. The molecule has 8 atom stereocenters. The van der Waals surface area contributed by atoms with Crippen molar-refractivity contribution >= 4 is 5.91 Å². The van der Waals surface area contributed by atoms with Crippen LogP contribution in [0.15, 0.2) is 0 Å². The van der Waals surface area contributed by atoms with E-state index in [2.05, 4.69) is 16.1 Å². The summed E-state index contributed by atoms with van der Waals surface area (Å²) in [5, 5.41) is 16.3. The van der Waals surface area contributed by atoms with Gasteiger partial charge in [0.05, 0.1) is 12.8 Å². The van der Waals surface area contributed by atoms with Gasteiger partial charge in [0.2, 0.25) is 5.91 Å². The highest BCUT2D eigenvalue weighted by Gasteiger charge is 2.44. The lowest BCUT2D eigenvalue weighted by molar-refractivity contribution is -0.127. The molecule has 1 heterocycles. The molecule has 160 valence electrons. The van der Waals surface area contributed by atoms with E-state index < -0.39 is 0 Å². The quantitative estimate of drug-likeness (QED) is 0.545. The number of amides is 1. The van der Waals surface area contributed by atoms with Gasteiger partial charge in [-0.3, -0.25) is 14.9 Å². The van der Waals surface area contributed by atoms with Crippen molar-refractivity contribution in [3.8, 4) is 0 Å². The van der Waals surface area contributed by atoms with E-state index in [4.69, 9.17) is 9.57 Å². The van der Waals surface area contributed by atoms with Crippen molar-refractivity contribution in [2.45, 2.75) is 76.2 Å². The Morgan fingerprint density at radius 3 is 2.82 bits per heavy atom. The number of carbonyl (C=O) groups is 1. The van der Waals surface area contributed by atoms with Crippen LogP contribution >= 0.6 is 0 Å². The Kier molecular flexibility index (Phi) is 6.89. The smallest absolute Gasteiger partial charge is 0.223 e. The van der Waals surface area contributed by atoms with E-state index in [1.807, 2.05) is 0 Å². The van der Waals surface area contributed by atoms with Crippen molar-refractivity contribution in [3.05, 3.63) is 0 Å². The summed E-state index contributed by atoms with van der Waals surface area (Å²) in [6, 6.07) is 0.343. The Morgan fingerprint density at radius 2 is 2.00 bits per heavy atom. The van der Waals surface area contributed by atoms with Gasteiger partial charge in [-0.25, -0.2) is 0 Å². The lowest BCUT2D eigenvalue weighted by atomic mass is 9.73. The van der Waals surface area contributed by atoms with E-state index in [1.54, 1.807) is 7.11 Å². The number of ether oxygens (including phenoxy) is 1. The van der Waals surface area contributed by atoms with Crippen LogP contribution in [0.2, 0.25) is 0 Å². The second kappa shape index (κ2) is 9.39. The zero-order chi connectivity index (χ0) is 19.5. The van der Waals surface area contributed by atoms with E-state index in [0.29, 0.717) is 36.3 Å². The third kappa shape index (κ3) is 4.54. The van der Waals surface area contributed by atoms with E-state index in [-0.39, 0.29) is 30.8 Å². The molecule has 7 heteroatoms.